The molecule has 3 aliphatic rings. The maximum Gasteiger partial charge on any atom is 0.191 e. The zero-order chi connectivity index (χ0) is 19.9. The van der Waals surface area contributed by atoms with E-state index in [-0.39, 0.29) is 29.5 Å². The van der Waals surface area contributed by atoms with Gasteiger partial charge in [0.05, 0.1) is 25.3 Å². The molecule has 0 saturated carbocycles. The van der Waals surface area contributed by atoms with Crippen molar-refractivity contribution in [1.82, 2.24) is 15.5 Å². The van der Waals surface area contributed by atoms with Gasteiger partial charge in [0.1, 0.15) is 0 Å². The Balaban J connectivity index is 0.00000256. The van der Waals surface area contributed by atoms with E-state index in [1.807, 2.05) is 0 Å². The van der Waals surface area contributed by atoms with E-state index in [1.165, 1.54) is 23.6 Å². The fourth-order valence-corrected chi connectivity index (χ4v) is 6.07. The fourth-order valence-electron chi connectivity index (χ4n) is 4.60. The molecule has 3 saturated heterocycles. The van der Waals surface area contributed by atoms with Gasteiger partial charge in [-0.25, -0.2) is 0 Å². The molecule has 30 heavy (non-hydrogen) atoms. The Hall–Kier alpha value is -0.710. The first-order chi connectivity index (χ1) is 14.3. The zero-order valence-electron chi connectivity index (χ0n) is 18.0. The Morgan fingerprint density at radius 2 is 2.03 bits per heavy atom. The molecule has 168 valence electrons. The normalized spacial score (nSPS) is 27.7. The average molecular weight is 546 g/mol. The molecule has 1 aromatic carbocycles. The molecule has 1 aromatic rings. The molecule has 2 atom stereocenters. The molecular formula is C22H36IN5OS. The Labute approximate surface area is 202 Å². The molecule has 0 radical (unpaired) electrons. The van der Waals surface area contributed by atoms with Gasteiger partial charge in [-0.05, 0) is 37.7 Å². The van der Waals surface area contributed by atoms with Crippen LogP contribution in [0.15, 0.2) is 35.3 Å². The van der Waals surface area contributed by atoms with Gasteiger partial charge in [-0.1, -0.05) is 18.2 Å². The maximum absolute atomic E-state index is 5.59. The standard InChI is InChI=1S/C22H35N5OS.HI/c1-2-23-21(25-19-8-10-26(16-19)20-6-4-3-5-7-20)24-17-22(9-15-29-18-22)27-11-13-28-14-12-27;/h3-7,19H,2,8-18H2,1H3,(H2,23,24,25);1H. The number of rotatable bonds is 6. The summed E-state index contributed by atoms with van der Waals surface area (Å²) in [6.07, 6.45) is 2.37. The molecule has 3 fully saturated rings. The van der Waals surface area contributed by atoms with Gasteiger partial charge in [0, 0.05) is 50.2 Å². The van der Waals surface area contributed by atoms with Crippen LogP contribution in [0.3, 0.4) is 0 Å². The molecule has 0 amide bonds. The minimum atomic E-state index is 0. The van der Waals surface area contributed by atoms with Crippen LogP contribution in [0.4, 0.5) is 5.69 Å². The summed E-state index contributed by atoms with van der Waals surface area (Å²) in [5.41, 5.74) is 1.51. The molecule has 0 bridgehead atoms. The summed E-state index contributed by atoms with van der Waals surface area (Å²) in [5.74, 6) is 3.39. The van der Waals surface area contributed by atoms with Crippen LogP contribution in [0.25, 0.3) is 0 Å². The Bertz CT molecular complexity index is 665. The van der Waals surface area contributed by atoms with Crippen molar-refractivity contribution in [2.45, 2.75) is 31.3 Å². The van der Waals surface area contributed by atoms with Crippen LogP contribution < -0.4 is 15.5 Å². The van der Waals surface area contributed by atoms with Gasteiger partial charge in [-0.3, -0.25) is 9.89 Å². The lowest BCUT2D eigenvalue weighted by Gasteiger charge is -2.42. The summed E-state index contributed by atoms with van der Waals surface area (Å²) >= 11 is 2.07. The van der Waals surface area contributed by atoms with E-state index in [2.05, 4.69) is 69.5 Å². The van der Waals surface area contributed by atoms with Crippen LogP contribution in [0, 0.1) is 0 Å². The van der Waals surface area contributed by atoms with Crippen molar-refractivity contribution < 1.29 is 4.74 Å². The number of anilines is 1. The number of benzene rings is 1. The van der Waals surface area contributed by atoms with Crippen molar-refractivity contribution in [2.75, 3.05) is 68.9 Å². The van der Waals surface area contributed by atoms with Gasteiger partial charge in [0.2, 0.25) is 0 Å². The van der Waals surface area contributed by atoms with Crippen LogP contribution in [-0.2, 0) is 4.74 Å². The van der Waals surface area contributed by atoms with Gasteiger partial charge >= 0.3 is 0 Å². The van der Waals surface area contributed by atoms with Crippen LogP contribution in [0.5, 0.6) is 0 Å². The lowest BCUT2D eigenvalue weighted by atomic mass is 9.96. The molecule has 3 aliphatic heterocycles. The Morgan fingerprint density at radius 1 is 1.23 bits per heavy atom. The van der Waals surface area contributed by atoms with E-state index in [9.17, 15) is 0 Å². The van der Waals surface area contributed by atoms with Crippen molar-refractivity contribution in [1.29, 1.82) is 0 Å². The molecule has 8 heteroatoms. The van der Waals surface area contributed by atoms with E-state index in [4.69, 9.17) is 9.73 Å². The van der Waals surface area contributed by atoms with E-state index in [1.54, 1.807) is 0 Å². The monoisotopic (exact) mass is 545 g/mol. The number of nitrogens with zero attached hydrogens (tertiary/aromatic N) is 3. The largest absolute Gasteiger partial charge is 0.379 e. The summed E-state index contributed by atoms with van der Waals surface area (Å²) < 4.78 is 5.59. The first-order valence-corrected chi connectivity index (χ1v) is 12.2. The average Bonchev–Trinajstić information content (AvgIpc) is 3.44. The van der Waals surface area contributed by atoms with Gasteiger partial charge < -0.3 is 20.3 Å². The SMILES string of the molecule is CCNC(=NCC1(N2CCOCC2)CCSC1)NC1CCN(c2ccccc2)C1.I. The maximum atomic E-state index is 5.59. The highest BCUT2D eigenvalue weighted by atomic mass is 127. The molecule has 6 nitrogen and oxygen atoms in total. The Morgan fingerprint density at radius 3 is 2.73 bits per heavy atom. The number of aliphatic imine (C=N–C) groups is 1. The summed E-state index contributed by atoms with van der Waals surface area (Å²) in [6, 6.07) is 11.2. The number of hydrogen-bond acceptors (Lipinski definition) is 5. The first kappa shape index (κ1) is 23.9. The van der Waals surface area contributed by atoms with Crippen LogP contribution in [0.1, 0.15) is 19.8 Å². The van der Waals surface area contributed by atoms with Crippen LogP contribution >= 0.6 is 35.7 Å². The molecule has 0 aliphatic carbocycles. The highest BCUT2D eigenvalue weighted by Gasteiger charge is 2.40. The third-order valence-electron chi connectivity index (χ3n) is 6.29. The van der Waals surface area contributed by atoms with E-state index in [0.717, 1.165) is 64.9 Å². The molecule has 2 unspecified atom stereocenters. The zero-order valence-corrected chi connectivity index (χ0v) is 21.2. The number of para-hydroxylation sites is 1. The third kappa shape index (κ3) is 5.95. The topological polar surface area (TPSA) is 52.1 Å². The van der Waals surface area contributed by atoms with E-state index >= 15 is 0 Å². The molecular weight excluding hydrogens is 509 g/mol. The molecule has 0 spiro atoms. The smallest absolute Gasteiger partial charge is 0.191 e. The van der Waals surface area contributed by atoms with Crippen molar-refractivity contribution in [3.8, 4) is 0 Å². The van der Waals surface area contributed by atoms with Crippen LogP contribution in [-0.4, -0.2) is 86.4 Å². The number of ether oxygens (including phenoxy) is 1. The van der Waals surface area contributed by atoms with E-state index < -0.39 is 0 Å². The second-order valence-corrected chi connectivity index (χ2v) is 9.34. The molecule has 0 aromatic heterocycles. The first-order valence-electron chi connectivity index (χ1n) is 11.0. The highest BCUT2D eigenvalue weighted by Crippen LogP contribution is 2.34. The van der Waals surface area contributed by atoms with Gasteiger partial charge in [-0.15, -0.1) is 24.0 Å². The number of hydrogen-bond donors (Lipinski definition) is 2. The second-order valence-electron chi connectivity index (χ2n) is 8.23. The van der Waals surface area contributed by atoms with Crippen molar-refractivity contribution in [3.05, 3.63) is 30.3 Å². The molecule has 2 N–H and O–H groups in total. The number of thioether (sulfide) groups is 1. The highest BCUT2D eigenvalue weighted by molar-refractivity contribution is 14.0. The predicted molar refractivity (Wildman–Crippen MR) is 139 cm³/mol. The van der Waals surface area contributed by atoms with Gasteiger partial charge in [0.15, 0.2) is 5.96 Å². The van der Waals surface area contributed by atoms with Crippen LogP contribution in [0.2, 0.25) is 0 Å². The number of nitrogens with one attached hydrogen (secondary N) is 2. The molecule has 3 heterocycles. The summed E-state index contributed by atoms with van der Waals surface area (Å²) in [7, 11) is 0. The lowest BCUT2D eigenvalue weighted by Crippen LogP contribution is -2.56. The Kier molecular flexibility index (Phi) is 9.40. The summed E-state index contributed by atoms with van der Waals surface area (Å²) in [5, 5.41) is 7.19. The van der Waals surface area contributed by atoms with Crippen molar-refractivity contribution in [3.63, 3.8) is 0 Å². The van der Waals surface area contributed by atoms with Crippen molar-refractivity contribution in [2.24, 2.45) is 4.99 Å². The van der Waals surface area contributed by atoms with Crippen molar-refractivity contribution >= 4 is 47.4 Å². The third-order valence-corrected chi connectivity index (χ3v) is 7.52. The summed E-state index contributed by atoms with van der Waals surface area (Å²) in [4.78, 5) is 10.2. The fraction of sp³-hybridized carbons (Fsp3) is 0.682. The molecule has 4 rings (SSSR count). The van der Waals surface area contributed by atoms with E-state index in [0.29, 0.717) is 6.04 Å². The number of guanidine groups is 1. The quantitative estimate of drug-likeness (QED) is 0.326. The van der Waals surface area contributed by atoms with Gasteiger partial charge in [0.25, 0.3) is 0 Å². The number of morpholine rings is 1. The summed E-state index contributed by atoms with van der Waals surface area (Å²) in [6.45, 7) is 9.80. The second kappa shape index (κ2) is 11.8. The lowest BCUT2D eigenvalue weighted by molar-refractivity contribution is -0.0104. The minimum absolute atomic E-state index is 0. The minimum Gasteiger partial charge on any atom is -0.379 e. The predicted octanol–water partition coefficient (Wildman–Crippen LogP) is 2.65. The number of halogens is 1. The van der Waals surface area contributed by atoms with Gasteiger partial charge in [-0.2, -0.15) is 11.8 Å².